The fourth-order valence-corrected chi connectivity index (χ4v) is 2.34. The number of sulfonamides is 1. The second kappa shape index (κ2) is 3.86. The molecule has 6 nitrogen and oxygen atoms in total. The maximum Gasteiger partial charge on any atom is 0.266 e. The molecular formula is C9H10N4O2S. The highest BCUT2D eigenvalue weighted by atomic mass is 32.2. The van der Waals surface area contributed by atoms with Crippen LogP contribution in [0, 0.1) is 0 Å². The quantitative estimate of drug-likeness (QED) is 0.735. The Labute approximate surface area is 92.6 Å². The number of hydrogen-bond donors (Lipinski definition) is 3. The Hall–Kier alpha value is -2.02. The third kappa shape index (κ3) is 1.98. The van der Waals surface area contributed by atoms with E-state index in [2.05, 4.69) is 14.7 Å². The number of hydrogen-bond acceptors (Lipinski definition) is 4. The summed E-state index contributed by atoms with van der Waals surface area (Å²) in [5.41, 5.74) is 5.50. The second-order valence-corrected chi connectivity index (χ2v) is 4.73. The number of aromatic amines is 1. The maximum absolute atomic E-state index is 11.9. The van der Waals surface area contributed by atoms with Crippen LogP contribution in [0.2, 0.25) is 0 Å². The number of nitrogens with one attached hydrogen (secondary N) is 2. The van der Waals surface area contributed by atoms with Gasteiger partial charge in [0.25, 0.3) is 10.0 Å². The molecule has 16 heavy (non-hydrogen) atoms. The van der Waals surface area contributed by atoms with Crippen LogP contribution < -0.4 is 10.5 Å². The Balaban J connectivity index is 2.37. The van der Waals surface area contributed by atoms with Crippen molar-refractivity contribution >= 4 is 21.7 Å². The smallest absolute Gasteiger partial charge is 0.266 e. The third-order valence-corrected chi connectivity index (χ3v) is 3.34. The Morgan fingerprint density at radius 3 is 2.75 bits per heavy atom. The van der Waals surface area contributed by atoms with Crippen LogP contribution in [0.25, 0.3) is 0 Å². The lowest BCUT2D eigenvalue weighted by molar-refractivity contribution is 0.601. The molecule has 0 atom stereocenters. The van der Waals surface area contributed by atoms with Gasteiger partial charge in [0.1, 0.15) is 16.5 Å². The average molecular weight is 238 g/mol. The van der Waals surface area contributed by atoms with Gasteiger partial charge in [0.15, 0.2) is 0 Å². The molecule has 0 saturated heterocycles. The van der Waals surface area contributed by atoms with Gasteiger partial charge in [-0.15, -0.1) is 0 Å². The summed E-state index contributed by atoms with van der Waals surface area (Å²) in [7, 11) is -3.68. The van der Waals surface area contributed by atoms with Gasteiger partial charge in [-0.25, -0.2) is 13.4 Å². The highest BCUT2D eigenvalue weighted by Gasteiger charge is 2.17. The van der Waals surface area contributed by atoms with Gasteiger partial charge in [0, 0.05) is 12.4 Å². The number of H-pyrrole nitrogens is 1. The van der Waals surface area contributed by atoms with E-state index in [9.17, 15) is 8.42 Å². The predicted octanol–water partition coefficient (Wildman–Crippen LogP) is 0.793. The molecular weight excluding hydrogens is 228 g/mol. The van der Waals surface area contributed by atoms with Crippen LogP contribution in [-0.2, 0) is 10.0 Å². The minimum absolute atomic E-state index is 0.0263. The summed E-state index contributed by atoms with van der Waals surface area (Å²) < 4.78 is 26.1. The Kier molecular flexibility index (Phi) is 2.53. The summed E-state index contributed by atoms with van der Waals surface area (Å²) in [5.74, 6) is 0.352. The number of nitrogens with two attached hydrogens (primary N) is 1. The Morgan fingerprint density at radius 2 is 2.12 bits per heavy atom. The zero-order valence-electron chi connectivity index (χ0n) is 8.21. The average Bonchev–Trinajstić information content (AvgIpc) is 2.70. The number of anilines is 2. The molecule has 0 fully saturated rings. The SMILES string of the molecule is Nc1ncccc1S(=O)(=O)Nc1ccc[nH]1. The fourth-order valence-electron chi connectivity index (χ4n) is 1.22. The summed E-state index contributed by atoms with van der Waals surface area (Å²) in [4.78, 5) is 6.42. The molecule has 2 aromatic rings. The van der Waals surface area contributed by atoms with E-state index in [0.29, 0.717) is 5.82 Å². The normalized spacial score (nSPS) is 11.2. The Morgan fingerprint density at radius 1 is 1.31 bits per heavy atom. The van der Waals surface area contributed by atoms with Gasteiger partial charge in [0.2, 0.25) is 0 Å². The lowest BCUT2D eigenvalue weighted by atomic mass is 10.5. The van der Waals surface area contributed by atoms with Gasteiger partial charge >= 0.3 is 0 Å². The molecule has 0 spiro atoms. The third-order valence-electron chi connectivity index (χ3n) is 1.93. The first-order valence-electron chi connectivity index (χ1n) is 4.46. The molecule has 0 amide bonds. The number of nitrogen functional groups attached to an aromatic ring is 1. The maximum atomic E-state index is 11.9. The van der Waals surface area contributed by atoms with E-state index in [1.807, 2.05) is 0 Å². The first-order chi connectivity index (χ1) is 7.59. The fraction of sp³-hybridized carbons (Fsp3) is 0. The van der Waals surface area contributed by atoms with Gasteiger partial charge in [-0.1, -0.05) is 0 Å². The topological polar surface area (TPSA) is 101 Å². The van der Waals surface area contributed by atoms with Crippen LogP contribution in [0.4, 0.5) is 11.6 Å². The molecule has 0 radical (unpaired) electrons. The summed E-state index contributed by atoms with van der Waals surface area (Å²) in [6.07, 6.45) is 3.05. The van der Waals surface area contributed by atoms with Crippen molar-refractivity contribution in [1.82, 2.24) is 9.97 Å². The summed E-state index contributed by atoms with van der Waals surface area (Å²) in [6.45, 7) is 0. The van der Waals surface area contributed by atoms with Crippen molar-refractivity contribution in [1.29, 1.82) is 0 Å². The summed E-state index contributed by atoms with van der Waals surface area (Å²) in [5, 5.41) is 0. The van der Waals surface area contributed by atoms with Gasteiger partial charge < -0.3 is 10.7 Å². The Bertz CT molecular complexity index is 577. The van der Waals surface area contributed by atoms with Crippen LogP contribution in [0.1, 0.15) is 0 Å². The largest absolute Gasteiger partial charge is 0.383 e. The van der Waals surface area contributed by atoms with Crippen LogP contribution in [-0.4, -0.2) is 18.4 Å². The minimum atomic E-state index is -3.68. The van der Waals surface area contributed by atoms with Crippen molar-refractivity contribution in [3.63, 3.8) is 0 Å². The molecule has 0 aliphatic rings. The van der Waals surface area contributed by atoms with E-state index in [4.69, 9.17) is 5.73 Å². The van der Waals surface area contributed by atoms with E-state index in [-0.39, 0.29) is 10.7 Å². The van der Waals surface area contributed by atoms with E-state index >= 15 is 0 Å². The van der Waals surface area contributed by atoms with Gasteiger partial charge in [-0.2, -0.15) is 0 Å². The van der Waals surface area contributed by atoms with Crippen LogP contribution in [0.3, 0.4) is 0 Å². The highest BCUT2D eigenvalue weighted by Crippen LogP contribution is 2.17. The molecule has 0 unspecified atom stereocenters. The standard InChI is InChI=1S/C9H10N4O2S/c10-9-7(3-1-6-12-9)16(14,15)13-8-4-2-5-11-8/h1-6,11,13H,(H2,10,12). The van der Waals surface area contributed by atoms with Gasteiger partial charge in [0.05, 0.1) is 0 Å². The van der Waals surface area contributed by atoms with E-state index < -0.39 is 10.0 Å². The van der Waals surface area contributed by atoms with E-state index in [1.54, 1.807) is 18.3 Å². The molecule has 0 aromatic carbocycles. The molecule has 0 aliphatic heterocycles. The number of nitrogens with zero attached hydrogens (tertiary/aromatic N) is 1. The molecule has 7 heteroatoms. The van der Waals surface area contributed by atoms with Crippen LogP contribution >= 0.6 is 0 Å². The van der Waals surface area contributed by atoms with Crippen molar-refractivity contribution in [3.8, 4) is 0 Å². The minimum Gasteiger partial charge on any atom is -0.383 e. The van der Waals surface area contributed by atoms with Gasteiger partial charge in [-0.05, 0) is 24.3 Å². The molecule has 0 aliphatic carbocycles. The lowest BCUT2D eigenvalue weighted by Crippen LogP contribution is -2.15. The zero-order valence-corrected chi connectivity index (χ0v) is 9.03. The zero-order chi connectivity index (χ0) is 11.6. The van der Waals surface area contributed by atoms with E-state index in [0.717, 1.165) is 0 Å². The molecule has 4 N–H and O–H groups in total. The monoisotopic (exact) mass is 238 g/mol. The highest BCUT2D eigenvalue weighted by molar-refractivity contribution is 7.92. The molecule has 2 aromatic heterocycles. The second-order valence-electron chi connectivity index (χ2n) is 3.08. The van der Waals surface area contributed by atoms with Crippen molar-refractivity contribution in [3.05, 3.63) is 36.7 Å². The predicted molar refractivity (Wildman–Crippen MR) is 60.3 cm³/mol. The van der Waals surface area contributed by atoms with Crippen molar-refractivity contribution < 1.29 is 8.42 Å². The van der Waals surface area contributed by atoms with Gasteiger partial charge in [-0.3, -0.25) is 4.72 Å². The first kappa shape index (κ1) is 10.5. The van der Waals surface area contributed by atoms with Crippen LogP contribution in [0.15, 0.2) is 41.6 Å². The lowest BCUT2D eigenvalue weighted by Gasteiger charge is -2.07. The molecule has 0 saturated carbocycles. The first-order valence-corrected chi connectivity index (χ1v) is 5.94. The molecule has 0 bridgehead atoms. The number of rotatable bonds is 3. The van der Waals surface area contributed by atoms with E-state index in [1.165, 1.54) is 18.3 Å². The van der Waals surface area contributed by atoms with Crippen molar-refractivity contribution in [2.45, 2.75) is 4.90 Å². The number of aromatic nitrogens is 2. The molecule has 2 rings (SSSR count). The molecule has 2 heterocycles. The summed E-state index contributed by atoms with van der Waals surface area (Å²) in [6, 6.07) is 6.20. The van der Waals surface area contributed by atoms with Crippen LogP contribution in [0.5, 0.6) is 0 Å². The molecule has 84 valence electrons. The van der Waals surface area contributed by atoms with Crippen molar-refractivity contribution in [2.75, 3.05) is 10.5 Å². The number of pyridine rings is 1. The summed E-state index contributed by atoms with van der Waals surface area (Å²) >= 11 is 0. The van der Waals surface area contributed by atoms with Crippen molar-refractivity contribution in [2.24, 2.45) is 0 Å².